The van der Waals surface area contributed by atoms with E-state index in [0.29, 0.717) is 6.04 Å². The third-order valence-corrected chi connectivity index (χ3v) is 4.24. The number of nitrogens with one attached hydrogen (secondary N) is 1. The lowest BCUT2D eigenvalue weighted by molar-refractivity contribution is 0.794. The zero-order valence-corrected chi connectivity index (χ0v) is 10.9. The topological polar surface area (TPSA) is 12.0 Å². The maximum absolute atomic E-state index is 3.60. The van der Waals surface area contributed by atoms with Gasteiger partial charge >= 0.3 is 0 Å². The Morgan fingerprint density at radius 2 is 2.12 bits per heavy atom. The normalized spacial score (nSPS) is 19.9. The Morgan fingerprint density at radius 1 is 1.31 bits per heavy atom. The maximum Gasteiger partial charge on any atom is 0.0359 e. The summed E-state index contributed by atoms with van der Waals surface area (Å²) in [6.45, 7) is 2.24. The number of anilines is 1. The van der Waals surface area contributed by atoms with Gasteiger partial charge in [0.2, 0.25) is 0 Å². The summed E-state index contributed by atoms with van der Waals surface area (Å²) in [4.78, 5) is 0. The number of benzene rings is 1. The van der Waals surface area contributed by atoms with Crippen molar-refractivity contribution < 1.29 is 0 Å². The van der Waals surface area contributed by atoms with E-state index in [1.54, 1.807) is 0 Å². The lowest BCUT2D eigenvalue weighted by atomic mass is 10.1. The van der Waals surface area contributed by atoms with Crippen molar-refractivity contribution in [1.29, 1.82) is 0 Å². The van der Waals surface area contributed by atoms with E-state index in [1.807, 2.05) is 0 Å². The molecule has 1 aliphatic rings. The van der Waals surface area contributed by atoms with Crippen LogP contribution in [0, 0.1) is 0 Å². The van der Waals surface area contributed by atoms with Crippen LogP contribution in [-0.4, -0.2) is 17.5 Å². The molecule has 0 bridgehead atoms. The maximum atomic E-state index is 3.60. The lowest BCUT2D eigenvalue weighted by Gasteiger charge is -2.13. The van der Waals surface area contributed by atoms with Gasteiger partial charge < -0.3 is 5.32 Å². The van der Waals surface area contributed by atoms with Crippen LogP contribution < -0.4 is 5.32 Å². The second-order valence-corrected chi connectivity index (χ2v) is 5.66. The quantitative estimate of drug-likeness (QED) is 0.829. The van der Waals surface area contributed by atoms with Gasteiger partial charge in [-0.2, -0.15) is 11.8 Å². The summed E-state index contributed by atoms with van der Waals surface area (Å²) in [7, 11) is 0. The predicted molar refractivity (Wildman–Crippen MR) is 74.4 cm³/mol. The largest absolute Gasteiger partial charge is 0.381 e. The Labute approximate surface area is 103 Å². The average Bonchev–Trinajstić information content (AvgIpc) is 2.81. The Kier molecular flexibility index (Phi) is 4.58. The van der Waals surface area contributed by atoms with Crippen LogP contribution in [0.1, 0.15) is 31.7 Å². The second-order valence-electron chi connectivity index (χ2n) is 4.51. The minimum absolute atomic E-state index is 0.687. The smallest absolute Gasteiger partial charge is 0.0359 e. The zero-order valence-electron chi connectivity index (χ0n) is 10.0. The summed E-state index contributed by atoms with van der Waals surface area (Å²) in [5.41, 5.74) is 2.75. The molecule has 1 aliphatic heterocycles. The highest BCUT2D eigenvalue weighted by Crippen LogP contribution is 2.21. The first-order valence-corrected chi connectivity index (χ1v) is 7.47. The molecule has 0 amide bonds. The summed E-state index contributed by atoms with van der Waals surface area (Å²) in [5, 5.41) is 3.60. The second kappa shape index (κ2) is 6.19. The number of hydrogen-bond acceptors (Lipinski definition) is 2. The highest BCUT2D eigenvalue weighted by Gasteiger charge is 2.14. The molecule has 0 spiro atoms. The Bertz CT molecular complexity index is 301. The number of rotatable bonds is 5. The predicted octanol–water partition coefficient (Wildman–Crippen LogP) is 3.95. The van der Waals surface area contributed by atoms with Crippen LogP contribution in [0.25, 0.3) is 0 Å². The van der Waals surface area contributed by atoms with Crippen LogP contribution >= 0.6 is 11.8 Å². The monoisotopic (exact) mass is 235 g/mol. The van der Waals surface area contributed by atoms with Crippen molar-refractivity contribution in [3.63, 3.8) is 0 Å². The zero-order chi connectivity index (χ0) is 11.2. The van der Waals surface area contributed by atoms with Crippen LogP contribution in [0.2, 0.25) is 0 Å². The van der Waals surface area contributed by atoms with Crippen LogP contribution in [0.3, 0.4) is 0 Å². The van der Waals surface area contributed by atoms with Crippen molar-refractivity contribution in [2.75, 3.05) is 16.8 Å². The van der Waals surface area contributed by atoms with Gasteiger partial charge in [0.25, 0.3) is 0 Å². The van der Waals surface area contributed by atoms with Crippen molar-refractivity contribution in [3.8, 4) is 0 Å². The Hall–Kier alpha value is -0.630. The summed E-state index contributed by atoms with van der Waals surface area (Å²) < 4.78 is 0. The number of thioether (sulfide) groups is 1. The van der Waals surface area contributed by atoms with Crippen LogP contribution in [0.5, 0.6) is 0 Å². The minimum atomic E-state index is 0.687. The molecule has 1 aromatic rings. The molecule has 2 heteroatoms. The molecule has 2 rings (SSSR count). The molecule has 1 unspecified atom stereocenters. The van der Waals surface area contributed by atoms with Gasteiger partial charge in [0.1, 0.15) is 0 Å². The number of aryl methyl sites for hydroxylation is 1. The van der Waals surface area contributed by atoms with Gasteiger partial charge in [-0.1, -0.05) is 25.5 Å². The van der Waals surface area contributed by atoms with Crippen molar-refractivity contribution in [2.45, 2.75) is 38.6 Å². The minimum Gasteiger partial charge on any atom is -0.381 e. The molecule has 0 aromatic heterocycles. The highest BCUT2D eigenvalue weighted by atomic mass is 32.2. The summed E-state index contributed by atoms with van der Waals surface area (Å²) in [6.07, 6.45) is 5.10. The summed E-state index contributed by atoms with van der Waals surface area (Å²) in [6, 6.07) is 9.67. The fourth-order valence-electron chi connectivity index (χ4n) is 2.03. The fraction of sp³-hybridized carbons (Fsp3) is 0.571. The van der Waals surface area contributed by atoms with Gasteiger partial charge in [0.15, 0.2) is 0 Å². The van der Waals surface area contributed by atoms with E-state index in [4.69, 9.17) is 0 Å². The Morgan fingerprint density at radius 3 is 2.75 bits per heavy atom. The molecule has 1 heterocycles. The van der Waals surface area contributed by atoms with Gasteiger partial charge in [0, 0.05) is 17.5 Å². The summed E-state index contributed by atoms with van der Waals surface area (Å²) in [5.74, 6) is 2.57. The first kappa shape index (κ1) is 11.8. The molecule has 16 heavy (non-hydrogen) atoms. The fourth-order valence-corrected chi connectivity index (χ4v) is 3.18. The van der Waals surface area contributed by atoms with Gasteiger partial charge in [-0.3, -0.25) is 0 Å². The molecule has 1 aromatic carbocycles. The van der Waals surface area contributed by atoms with Crippen molar-refractivity contribution in [1.82, 2.24) is 0 Å². The van der Waals surface area contributed by atoms with E-state index in [0.717, 1.165) is 0 Å². The van der Waals surface area contributed by atoms with E-state index in [-0.39, 0.29) is 0 Å². The molecule has 1 atom stereocenters. The Balaban J connectivity index is 1.86. The van der Waals surface area contributed by atoms with Crippen LogP contribution in [0.15, 0.2) is 24.3 Å². The van der Waals surface area contributed by atoms with Crippen LogP contribution in [0.4, 0.5) is 5.69 Å². The molecular weight excluding hydrogens is 214 g/mol. The molecule has 0 radical (unpaired) electrons. The third kappa shape index (κ3) is 3.44. The molecule has 88 valence electrons. The third-order valence-electron chi connectivity index (χ3n) is 3.07. The van der Waals surface area contributed by atoms with Crippen LogP contribution in [-0.2, 0) is 6.42 Å². The highest BCUT2D eigenvalue weighted by molar-refractivity contribution is 7.99. The first-order valence-electron chi connectivity index (χ1n) is 6.31. The van der Waals surface area contributed by atoms with E-state index < -0.39 is 0 Å². The van der Waals surface area contributed by atoms with Gasteiger partial charge in [0.05, 0.1) is 0 Å². The molecular formula is C14H21NS. The molecule has 0 saturated carbocycles. The van der Waals surface area contributed by atoms with Gasteiger partial charge in [-0.15, -0.1) is 0 Å². The van der Waals surface area contributed by atoms with Gasteiger partial charge in [-0.05, 0) is 42.7 Å². The van der Waals surface area contributed by atoms with Crippen molar-refractivity contribution in [3.05, 3.63) is 29.8 Å². The molecule has 1 N–H and O–H groups in total. The van der Waals surface area contributed by atoms with Gasteiger partial charge in [-0.25, -0.2) is 0 Å². The average molecular weight is 235 g/mol. The van der Waals surface area contributed by atoms with Crippen molar-refractivity contribution in [2.24, 2.45) is 0 Å². The lowest BCUT2D eigenvalue weighted by Crippen LogP contribution is -2.17. The molecule has 1 fully saturated rings. The SMILES string of the molecule is CCCCc1ccc(NC2CCSC2)cc1. The van der Waals surface area contributed by atoms with E-state index in [9.17, 15) is 0 Å². The van der Waals surface area contributed by atoms with E-state index in [1.165, 1.54) is 48.4 Å². The first-order chi connectivity index (χ1) is 7.88. The molecule has 1 saturated heterocycles. The van der Waals surface area contributed by atoms with E-state index in [2.05, 4.69) is 48.3 Å². The molecule has 1 nitrogen and oxygen atoms in total. The standard InChI is InChI=1S/C14H21NS/c1-2-3-4-12-5-7-13(8-6-12)15-14-9-10-16-11-14/h5-8,14-15H,2-4,9-11H2,1H3. The number of unbranched alkanes of at least 4 members (excludes halogenated alkanes) is 1. The number of hydrogen-bond donors (Lipinski definition) is 1. The van der Waals surface area contributed by atoms with E-state index >= 15 is 0 Å². The van der Waals surface area contributed by atoms with Crippen molar-refractivity contribution >= 4 is 17.4 Å². The molecule has 0 aliphatic carbocycles. The summed E-state index contributed by atoms with van der Waals surface area (Å²) >= 11 is 2.05.